The maximum atomic E-state index is 2.44. The largest absolute Gasteiger partial charge is 0.0622 e. The van der Waals surface area contributed by atoms with E-state index in [-0.39, 0.29) is 0 Å². The van der Waals surface area contributed by atoms with E-state index in [1.807, 2.05) is 0 Å². The van der Waals surface area contributed by atoms with Gasteiger partial charge in [0, 0.05) is 0 Å². The van der Waals surface area contributed by atoms with Crippen LogP contribution in [0.4, 0.5) is 0 Å². The van der Waals surface area contributed by atoms with Crippen LogP contribution in [-0.4, -0.2) is 0 Å². The first-order chi connectivity index (χ1) is 16.8. The summed E-state index contributed by atoms with van der Waals surface area (Å²) in [6, 6.07) is 48.7. The van der Waals surface area contributed by atoms with Crippen LogP contribution in [0.3, 0.4) is 0 Å². The SMILES string of the molecule is Cc1c(P(c2ccccc2)c2ccccc2)cc2ccccc2c1-c1cccc2ccccc12. The predicted octanol–water partition coefficient (Wildman–Crippen LogP) is 7.73. The van der Waals surface area contributed by atoms with Gasteiger partial charge in [0.25, 0.3) is 0 Å². The summed E-state index contributed by atoms with van der Waals surface area (Å²) < 4.78 is 0. The lowest BCUT2D eigenvalue weighted by atomic mass is 9.90. The molecule has 162 valence electrons. The first-order valence-corrected chi connectivity index (χ1v) is 13.1. The van der Waals surface area contributed by atoms with E-state index >= 15 is 0 Å². The van der Waals surface area contributed by atoms with Gasteiger partial charge in [0.05, 0.1) is 0 Å². The third-order valence-electron chi connectivity index (χ3n) is 6.61. The second kappa shape index (κ2) is 8.90. The van der Waals surface area contributed by atoms with Gasteiger partial charge in [-0.1, -0.05) is 127 Å². The molecule has 0 amide bonds. The highest BCUT2D eigenvalue weighted by atomic mass is 31.1. The van der Waals surface area contributed by atoms with Gasteiger partial charge in [-0.3, -0.25) is 0 Å². The highest BCUT2D eigenvalue weighted by Crippen LogP contribution is 2.41. The van der Waals surface area contributed by atoms with Crippen molar-refractivity contribution in [2.45, 2.75) is 6.92 Å². The molecular formula is C33H25P. The van der Waals surface area contributed by atoms with Crippen molar-refractivity contribution in [3.8, 4) is 11.1 Å². The molecule has 0 fully saturated rings. The van der Waals surface area contributed by atoms with Crippen LogP contribution >= 0.6 is 7.92 Å². The molecule has 6 aromatic rings. The van der Waals surface area contributed by atoms with E-state index in [1.54, 1.807) is 0 Å². The lowest BCUT2D eigenvalue weighted by Crippen LogP contribution is -2.23. The van der Waals surface area contributed by atoms with E-state index < -0.39 is 7.92 Å². The van der Waals surface area contributed by atoms with Gasteiger partial charge >= 0.3 is 0 Å². The molecular weight excluding hydrogens is 427 g/mol. The zero-order valence-electron chi connectivity index (χ0n) is 19.1. The van der Waals surface area contributed by atoms with Crippen LogP contribution in [0, 0.1) is 6.92 Å². The van der Waals surface area contributed by atoms with Gasteiger partial charge in [-0.05, 0) is 75.1 Å². The number of benzene rings is 6. The van der Waals surface area contributed by atoms with Gasteiger partial charge in [-0.25, -0.2) is 0 Å². The summed E-state index contributed by atoms with van der Waals surface area (Å²) in [5, 5.41) is 9.38. The summed E-state index contributed by atoms with van der Waals surface area (Å²) in [5.74, 6) is 0. The van der Waals surface area contributed by atoms with Crippen molar-refractivity contribution in [1.29, 1.82) is 0 Å². The molecule has 0 radical (unpaired) electrons. The van der Waals surface area contributed by atoms with Crippen LogP contribution in [0.25, 0.3) is 32.7 Å². The molecule has 0 heterocycles. The Morgan fingerprint density at radius 1 is 0.471 bits per heavy atom. The van der Waals surface area contributed by atoms with E-state index in [2.05, 4.69) is 140 Å². The lowest BCUT2D eigenvalue weighted by Gasteiger charge is -2.25. The molecule has 0 bridgehead atoms. The van der Waals surface area contributed by atoms with Crippen molar-refractivity contribution in [3.63, 3.8) is 0 Å². The molecule has 0 saturated carbocycles. The van der Waals surface area contributed by atoms with Crippen LogP contribution < -0.4 is 15.9 Å². The van der Waals surface area contributed by atoms with Crippen molar-refractivity contribution >= 4 is 45.4 Å². The first kappa shape index (κ1) is 20.8. The Morgan fingerprint density at radius 3 is 1.68 bits per heavy atom. The van der Waals surface area contributed by atoms with E-state index in [4.69, 9.17) is 0 Å². The van der Waals surface area contributed by atoms with Gasteiger partial charge in [-0.2, -0.15) is 0 Å². The summed E-state index contributed by atoms with van der Waals surface area (Å²) in [7, 11) is -0.690. The zero-order chi connectivity index (χ0) is 22.9. The van der Waals surface area contributed by atoms with Crippen LogP contribution in [0.2, 0.25) is 0 Å². The topological polar surface area (TPSA) is 0 Å². The minimum Gasteiger partial charge on any atom is -0.0622 e. The Bertz CT molecular complexity index is 1560. The summed E-state index contributed by atoms with van der Waals surface area (Å²) in [5.41, 5.74) is 4.03. The first-order valence-electron chi connectivity index (χ1n) is 11.7. The molecule has 0 unspecified atom stereocenters. The summed E-state index contributed by atoms with van der Waals surface area (Å²) in [4.78, 5) is 0. The Morgan fingerprint density at radius 2 is 1.00 bits per heavy atom. The molecule has 0 aliphatic carbocycles. The van der Waals surface area contributed by atoms with Crippen molar-refractivity contribution in [1.82, 2.24) is 0 Å². The maximum absolute atomic E-state index is 2.44. The minimum atomic E-state index is -0.690. The Balaban J connectivity index is 1.71. The van der Waals surface area contributed by atoms with E-state index in [0.29, 0.717) is 0 Å². The molecule has 0 saturated heterocycles. The van der Waals surface area contributed by atoms with Gasteiger partial charge in [-0.15, -0.1) is 0 Å². The van der Waals surface area contributed by atoms with Gasteiger partial charge in [0.1, 0.15) is 0 Å². The highest BCUT2D eigenvalue weighted by Gasteiger charge is 2.22. The fourth-order valence-corrected chi connectivity index (χ4v) is 7.55. The average Bonchev–Trinajstić information content (AvgIpc) is 2.90. The van der Waals surface area contributed by atoms with E-state index in [0.717, 1.165) is 0 Å². The minimum absolute atomic E-state index is 0.690. The summed E-state index contributed by atoms with van der Waals surface area (Å²) in [6.45, 7) is 2.32. The van der Waals surface area contributed by atoms with Crippen molar-refractivity contribution in [3.05, 3.63) is 139 Å². The van der Waals surface area contributed by atoms with Crippen molar-refractivity contribution in [2.75, 3.05) is 0 Å². The number of fused-ring (bicyclic) bond motifs is 2. The smallest absolute Gasteiger partial charge is 0.00633 e. The molecule has 0 aromatic heterocycles. The molecule has 0 aliphatic rings. The van der Waals surface area contributed by atoms with Gasteiger partial charge in [0.2, 0.25) is 0 Å². The fraction of sp³-hybridized carbons (Fsp3) is 0.0303. The van der Waals surface area contributed by atoms with Crippen LogP contribution in [0.15, 0.2) is 133 Å². The molecule has 0 N–H and O–H groups in total. The second-order valence-electron chi connectivity index (χ2n) is 8.65. The highest BCUT2D eigenvalue weighted by molar-refractivity contribution is 7.80. The van der Waals surface area contributed by atoms with Crippen molar-refractivity contribution in [2.24, 2.45) is 0 Å². The quantitative estimate of drug-likeness (QED) is 0.240. The monoisotopic (exact) mass is 452 g/mol. The molecule has 0 spiro atoms. The molecule has 6 rings (SSSR count). The molecule has 0 aliphatic heterocycles. The average molecular weight is 453 g/mol. The fourth-order valence-electron chi connectivity index (χ4n) is 5.04. The van der Waals surface area contributed by atoms with Crippen molar-refractivity contribution < 1.29 is 0 Å². The molecule has 0 atom stereocenters. The van der Waals surface area contributed by atoms with Gasteiger partial charge in [0.15, 0.2) is 0 Å². The number of rotatable bonds is 4. The second-order valence-corrected chi connectivity index (χ2v) is 10.8. The Kier molecular flexibility index (Phi) is 5.46. The Hall–Kier alpha value is -3.73. The molecule has 0 nitrogen and oxygen atoms in total. The maximum Gasteiger partial charge on any atom is -0.00633 e. The van der Waals surface area contributed by atoms with E-state index in [1.165, 1.54) is 54.1 Å². The zero-order valence-corrected chi connectivity index (χ0v) is 20.0. The van der Waals surface area contributed by atoms with Crippen LogP contribution in [0.5, 0.6) is 0 Å². The van der Waals surface area contributed by atoms with Gasteiger partial charge < -0.3 is 0 Å². The summed E-state index contributed by atoms with van der Waals surface area (Å²) in [6.07, 6.45) is 0. The third kappa shape index (κ3) is 3.61. The standard InChI is InChI=1S/C33H25P/c1-24-32(34(27-16-4-2-5-17-27)28-18-6-3-7-19-28)23-26-14-9-11-21-30(26)33(24)31-22-12-15-25-13-8-10-20-29(25)31/h2-23H,1H3. The summed E-state index contributed by atoms with van der Waals surface area (Å²) >= 11 is 0. The lowest BCUT2D eigenvalue weighted by molar-refractivity contribution is 1.53. The number of hydrogen-bond donors (Lipinski definition) is 0. The molecule has 1 heteroatoms. The van der Waals surface area contributed by atoms with Crippen LogP contribution in [0.1, 0.15) is 5.56 Å². The normalized spacial score (nSPS) is 11.4. The number of hydrogen-bond acceptors (Lipinski definition) is 0. The molecule has 34 heavy (non-hydrogen) atoms. The van der Waals surface area contributed by atoms with E-state index in [9.17, 15) is 0 Å². The molecule has 6 aromatic carbocycles. The Labute approximate surface area is 202 Å². The predicted molar refractivity (Wildman–Crippen MR) is 150 cm³/mol. The third-order valence-corrected chi connectivity index (χ3v) is 9.19. The van der Waals surface area contributed by atoms with Crippen LogP contribution in [-0.2, 0) is 0 Å².